The lowest BCUT2D eigenvalue weighted by Crippen LogP contribution is -2.43. The lowest BCUT2D eigenvalue weighted by Gasteiger charge is -2.20. The van der Waals surface area contributed by atoms with Crippen molar-refractivity contribution in [1.29, 1.82) is 0 Å². The number of anilines is 1. The van der Waals surface area contributed by atoms with Crippen LogP contribution >= 0.6 is 22.9 Å². The fourth-order valence-electron chi connectivity index (χ4n) is 2.44. The summed E-state index contributed by atoms with van der Waals surface area (Å²) in [5, 5.41) is 2.19. The molecule has 0 fully saturated rings. The monoisotopic (exact) mass is 479 g/mol. The molecule has 0 atom stereocenters. The van der Waals surface area contributed by atoms with Gasteiger partial charge in [0.2, 0.25) is 0 Å². The fourth-order valence-corrected chi connectivity index (χ4v) is 4.38. The molecule has 0 aliphatic carbocycles. The van der Waals surface area contributed by atoms with Crippen molar-refractivity contribution in [1.82, 2.24) is 10.9 Å². The fraction of sp³-hybridized carbons (Fsp3) is 0.100. The molecule has 0 radical (unpaired) electrons. The van der Waals surface area contributed by atoms with Crippen molar-refractivity contribution in [3.63, 3.8) is 0 Å². The van der Waals surface area contributed by atoms with Crippen LogP contribution < -0.4 is 19.9 Å². The normalized spacial score (nSPS) is 10.9. The van der Waals surface area contributed by atoms with Gasteiger partial charge in [-0.1, -0.05) is 17.7 Å². The average molecular weight is 480 g/mol. The second-order valence-corrected chi connectivity index (χ2v) is 9.54. The highest BCUT2D eigenvalue weighted by atomic mass is 35.5. The van der Waals surface area contributed by atoms with Crippen LogP contribution in [0.3, 0.4) is 0 Å². The van der Waals surface area contributed by atoms with E-state index in [1.807, 2.05) is 0 Å². The van der Waals surface area contributed by atoms with E-state index >= 15 is 0 Å². The summed E-state index contributed by atoms with van der Waals surface area (Å²) in [4.78, 5) is 24.2. The van der Waals surface area contributed by atoms with E-state index in [9.17, 15) is 18.0 Å². The summed E-state index contributed by atoms with van der Waals surface area (Å²) >= 11 is 7.07. The highest BCUT2D eigenvalue weighted by Gasteiger charge is 2.21. The number of hydrogen-bond donors (Lipinski definition) is 2. The van der Waals surface area contributed by atoms with Crippen molar-refractivity contribution in [3.05, 3.63) is 75.9 Å². The number of hydrazine groups is 1. The van der Waals surface area contributed by atoms with Gasteiger partial charge in [0.25, 0.3) is 21.8 Å². The van der Waals surface area contributed by atoms with Gasteiger partial charge in [0.15, 0.2) is 6.61 Å². The van der Waals surface area contributed by atoms with Gasteiger partial charge in [-0.05, 0) is 60.0 Å². The summed E-state index contributed by atoms with van der Waals surface area (Å²) in [6.45, 7) is -0.330. The quantitative estimate of drug-likeness (QED) is 0.507. The highest BCUT2D eigenvalue weighted by Crippen LogP contribution is 2.25. The molecule has 1 aromatic heterocycles. The first kappa shape index (κ1) is 22.6. The van der Waals surface area contributed by atoms with Crippen LogP contribution in [0.4, 0.5) is 5.69 Å². The first-order valence-corrected chi connectivity index (χ1v) is 11.6. The molecule has 3 aromatic rings. The van der Waals surface area contributed by atoms with Gasteiger partial charge < -0.3 is 4.74 Å². The molecule has 0 saturated carbocycles. The van der Waals surface area contributed by atoms with E-state index in [4.69, 9.17) is 16.3 Å². The van der Waals surface area contributed by atoms with E-state index in [0.717, 1.165) is 4.31 Å². The maximum atomic E-state index is 12.7. The Morgan fingerprint density at radius 1 is 1.03 bits per heavy atom. The standard InChI is InChI=1S/C20H18ClN3O5S2/c1-24(31(27,28)17-10-4-14(21)5-11-17)15-6-8-16(9-7-15)29-13-19(25)22-23-20(26)18-3-2-12-30-18/h2-12H,13H2,1H3,(H,22,25)(H,23,26). The van der Waals surface area contributed by atoms with Crippen LogP contribution in [0.2, 0.25) is 5.02 Å². The Kier molecular flexibility index (Phi) is 7.16. The van der Waals surface area contributed by atoms with E-state index in [1.54, 1.807) is 41.8 Å². The minimum atomic E-state index is -3.75. The zero-order valence-corrected chi connectivity index (χ0v) is 18.6. The largest absolute Gasteiger partial charge is 0.484 e. The zero-order chi connectivity index (χ0) is 22.4. The van der Waals surface area contributed by atoms with Crippen LogP contribution in [-0.2, 0) is 14.8 Å². The number of ether oxygens (including phenoxy) is 1. The molecule has 2 N–H and O–H groups in total. The van der Waals surface area contributed by atoms with Gasteiger partial charge in [0.05, 0.1) is 15.5 Å². The van der Waals surface area contributed by atoms with Gasteiger partial charge in [-0.2, -0.15) is 0 Å². The van der Waals surface area contributed by atoms with E-state index in [0.29, 0.717) is 21.3 Å². The van der Waals surface area contributed by atoms with Gasteiger partial charge in [-0.25, -0.2) is 8.42 Å². The summed E-state index contributed by atoms with van der Waals surface area (Å²) < 4.78 is 31.9. The number of hydrogen-bond acceptors (Lipinski definition) is 6. The Balaban J connectivity index is 1.54. The maximum absolute atomic E-state index is 12.7. The molecule has 8 nitrogen and oxygen atoms in total. The number of amides is 2. The van der Waals surface area contributed by atoms with Crippen LogP contribution in [0.5, 0.6) is 5.75 Å². The third kappa shape index (κ3) is 5.75. The summed E-state index contributed by atoms with van der Waals surface area (Å²) in [7, 11) is -2.32. The molecule has 1 heterocycles. The first-order chi connectivity index (χ1) is 14.8. The minimum Gasteiger partial charge on any atom is -0.484 e. The number of nitrogens with zero attached hydrogens (tertiary/aromatic N) is 1. The van der Waals surface area contributed by atoms with Gasteiger partial charge in [-0.15, -0.1) is 11.3 Å². The molecular weight excluding hydrogens is 462 g/mol. The molecular formula is C20H18ClN3O5S2. The Morgan fingerprint density at radius 3 is 2.32 bits per heavy atom. The molecule has 0 bridgehead atoms. The number of rotatable bonds is 7. The smallest absolute Gasteiger partial charge is 0.279 e. The molecule has 31 heavy (non-hydrogen) atoms. The molecule has 162 valence electrons. The second kappa shape index (κ2) is 9.82. The SMILES string of the molecule is CN(c1ccc(OCC(=O)NNC(=O)c2cccs2)cc1)S(=O)(=O)c1ccc(Cl)cc1. The lowest BCUT2D eigenvalue weighted by molar-refractivity contribution is -0.123. The molecule has 3 rings (SSSR count). The van der Waals surface area contributed by atoms with E-state index in [2.05, 4.69) is 10.9 Å². The Bertz CT molecular complexity index is 1150. The Labute approximate surface area is 188 Å². The van der Waals surface area contributed by atoms with E-state index in [1.165, 1.54) is 42.6 Å². The summed E-state index contributed by atoms with van der Waals surface area (Å²) in [6.07, 6.45) is 0. The first-order valence-electron chi connectivity index (χ1n) is 8.87. The molecule has 11 heteroatoms. The van der Waals surface area contributed by atoms with E-state index in [-0.39, 0.29) is 11.5 Å². The summed E-state index contributed by atoms with van der Waals surface area (Å²) in [5.41, 5.74) is 4.96. The lowest BCUT2D eigenvalue weighted by atomic mass is 10.3. The second-order valence-electron chi connectivity index (χ2n) is 6.19. The van der Waals surface area contributed by atoms with Crippen molar-refractivity contribution in [2.24, 2.45) is 0 Å². The molecule has 0 saturated heterocycles. The average Bonchev–Trinajstić information content (AvgIpc) is 3.31. The predicted molar refractivity (Wildman–Crippen MR) is 119 cm³/mol. The number of halogens is 1. The van der Waals surface area contributed by atoms with Crippen molar-refractivity contribution in [2.45, 2.75) is 4.90 Å². The molecule has 0 unspecified atom stereocenters. The van der Waals surface area contributed by atoms with Gasteiger partial charge in [0.1, 0.15) is 5.75 Å². The number of carbonyl (C=O) groups is 2. The number of benzene rings is 2. The van der Waals surface area contributed by atoms with Crippen LogP contribution in [0.1, 0.15) is 9.67 Å². The Morgan fingerprint density at radius 2 is 1.71 bits per heavy atom. The number of carbonyl (C=O) groups excluding carboxylic acids is 2. The summed E-state index contributed by atoms with van der Waals surface area (Å²) in [5.74, 6) is -0.602. The Hall–Kier alpha value is -3.08. The van der Waals surface area contributed by atoms with Crippen molar-refractivity contribution in [2.75, 3.05) is 18.0 Å². The number of sulfonamides is 1. The van der Waals surface area contributed by atoms with Crippen molar-refractivity contribution < 1.29 is 22.7 Å². The van der Waals surface area contributed by atoms with Gasteiger partial charge in [0, 0.05) is 12.1 Å². The predicted octanol–water partition coefficient (Wildman–Crippen LogP) is 3.07. The third-order valence-corrected chi connectivity index (χ3v) is 7.02. The highest BCUT2D eigenvalue weighted by molar-refractivity contribution is 7.92. The number of thiophene rings is 1. The van der Waals surface area contributed by atoms with Crippen LogP contribution in [0.25, 0.3) is 0 Å². The topological polar surface area (TPSA) is 105 Å². The van der Waals surface area contributed by atoms with Crippen LogP contribution in [0, 0.1) is 0 Å². The van der Waals surface area contributed by atoms with E-state index < -0.39 is 21.8 Å². The van der Waals surface area contributed by atoms with Crippen LogP contribution in [-0.4, -0.2) is 33.9 Å². The maximum Gasteiger partial charge on any atom is 0.279 e. The third-order valence-electron chi connectivity index (χ3n) is 4.10. The van der Waals surface area contributed by atoms with Crippen molar-refractivity contribution >= 4 is 50.5 Å². The van der Waals surface area contributed by atoms with Gasteiger partial charge in [-0.3, -0.25) is 24.7 Å². The summed E-state index contributed by atoms with van der Waals surface area (Å²) in [6, 6.07) is 15.4. The molecule has 0 spiro atoms. The van der Waals surface area contributed by atoms with Crippen LogP contribution in [0.15, 0.2) is 70.9 Å². The molecule has 2 aromatic carbocycles. The zero-order valence-electron chi connectivity index (χ0n) is 16.2. The van der Waals surface area contributed by atoms with Gasteiger partial charge >= 0.3 is 0 Å². The van der Waals surface area contributed by atoms with Crippen molar-refractivity contribution in [3.8, 4) is 5.75 Å². The molecule has 0 aliphatic rings. The minimum absolute atomic E-state index is 0.112. The number of nitrogens with one attached hydrogen (secondary N) is 2. The molecule has 0 aliphatic heterocycles. The molecule has 2 amide bonds.